The Bertz CT molecular complexity index is 2060. The van der Waals surface area contributed by atoms with Crippen LogP contribution in [0.25, 0.3) is 32.9 Å². The van der Waals surface area contributed by atoms with Gasteiger partial charge in [0.05, 0.1) is 18.1 Å². The average Bonchev–Trinajstić information content (AvgIpc) is 3.32. The maximum atomic E-state index is 17.2. The van der Waals surface area contributed by atoms with Gasteiger partial charge < -0.3 is 19.3 Å². The van der Waals surface area contributed by atoms with Crippen molar-refractivity contribution in [1.29, 1.82) is 0 Å². The summed E-state index contributed by atoms with van der Waals surface area (Å²) in [6.07, 6.45) is 4.66. The van der Waals surface area contributed by atoms with Gasteiger partial charge in [-0.05, 0) is 42.5 Å². The summed E-state index contributed by atoms with van der Waals surface area (Å²) >= 11 is -1.64. The van der Waals surface area contributed by atoms with Crippen molar-refractivity contribution in [2.75, 3.05) is 17.7 Å². The fourth-order valence-corrected chi connectivity index (χ4v) is 14.8. The van der Waals surface area contributed by atoms with Crippen LogP contribution in [0.1, 0.15) is 66.9 Å². The number of hydrogen-bond donors (Lipinski definition) is 1. The van der Waals surface area contributed by atoms with Crippen LogP contribution in [0.3, 0.4) is 0 Å². The first kappa shape index (κ1) is 34.5. The third-order valence-electron chi connectivity index (χ3n) is 11.3. The number of amides is 1. The smallest absolute Gasteiger partial charge is 0.407 e. The molecule has 0 aliphatic carbocycles. The summed E-state index contributed by atoms with van der Waals surface area (Å²) in [5.41, 5.74) is 6.28. The minimum absolute atomic E-state index is 0.00169. The number of piperazine rings is 1. The van der Waals surface area contributed by atoms with E-state index in [9.17, 15) is 14.5 Å². The van der Waals surface area contributed by atoms with E-state index in [1.54, 1.807) is 12.4 Å². The summed E-state index contributed by atoms with van der Waals surface area (Å²) in [4.78, 5) is 34.4. The van der Waals surface area contributed by atoms with Crippen LogP contribution in [0.15, 0.2) is 35.7 Å². The van der Waals surface area contributed by atoms with Crippen molar-refractivity contribution < 1.29 is 23.6 Å². The van der Waals surface area contributed by atoms with Crippen LogP contribution in [0.5, 0.6) is 5.88 Å². The van der Waals surface area contributed by atoms with Gasteiger partial charge in [-0.25, -0.2) is 14.2 Å². The fraction of sp³-hybridized carbons (Fsp3) is 0.486. The number of rotatable bonds is 5. The first-order chi connectivity index (χ1) is 23.8. The normalized spacial score (nSPS) is 22.1. The van der Waals surface area contributed by atoms with Gasteiger partial charge in [-0.2, -0.15) is 9.97 Å². The molecular weight excluding hydrogens is 672 g/mol. The van der Waals surface area contributed by atoms with Crippen molar-refractivity contribution in [3.63, 3.8) is 0 Å². The number of benzene rings is 1. The Morgan fingerprint density at radius 1 is 1.08 bits per heavy atom. The van der Waals surface area contributed by atoms with Gasteiger partial charge in [0.15, 0.2) is 11.6 Å². The Hall–Kier alpha value is -3.99. The molecule has 13 heteroatoms. The molecule has 262 valence electrons. The highest BCUT2D eigenvalue weighted by atomic mass is 32.2. The predicted molar refractivity (Wildman–Crippen MR) is 196 cm³/mol. The third-order valence-corrected chi connectivity index (χ3v) is 18.3. The second-order valence-corrected chi connectivity index (χ2v) is 21.6. The Morgan fingerprint density at radius 2 is 1.80 bits per heavy atom. The minimum atomic E-state index is -2.10. The molecule has 4 aromatic rings. The highest BCUT2D eigenvalue weighted by Crippen LogP contribution is 2.47. The van der Waals surface area contributed by atoms with Crippen molar-refractivity contribution >= 4 is 52.8 Å². The van der Waals surface area contributed by atoms with Crippen molar-refractivity contribution in [2.24, 2.45) is 0 Å². The lowest BCUT2D eigenvalue weighted by molar-refractivity contribution is 0.0707. The Kier molecular flexibility index (Phi) is 8.72. The highest BCUT2D eigenvalue weighted by molar-refractivity contribution is 7.90. The van der Waals surface area contributed by atoms with E-state index in [0.717, 1.165) is 16.3 Å². The van der Waals surface area contributed by atoms with Crippen molar-refractivity contribution in [1.82, 2.24) is 24.8 Å². The van der Waals surface area contributed by atoms with E-state index in [2.05, 4.69) is 63.0 Å². The van der Waals surface area contributed by atoms with Crippen LogP contribution in [0, 0.1) is 17.3 Å². The monoisotopic (exact) mass is 714 g/mol. The first-order valence-corrected chi connectivity index (χ1v) is 21.1. The quantitative estimate of drug-likeness (QED) is 0.0991. The largest absolute Gasteiger partial charge is 0.609 e. The topological polar surface area (TPSA) is 128 Å². The molecule has 2 bridgehead atoms. The van der Waals surface area contributed by atoms with Gasteiger partial charge in [0.1, 0.15) is 37.0 Å². The van der Waals surface area contributed by atoms with Crippen LogP contribution < -0.4 is 9.64 Å². The van der Waals surface area contributed by atoms with Crippen molar-refractivity contribution in [2.45, 2.75) is 107 Å². The van der Waals surface area contributed by atoms with Gasteiger partial charge in [0, 0.05) is 52.0 Å². The number of anilines is 1. The summed E-state index contributed by atoms with van der Waals surface area (Å²) in [6, 6.07) is 4.80. The molecule has 3 aliphatic rings. The summed E-state index contributed by atoms with van der Waals surface area (Å²) in [7, 11) is -2.10. The molecule has 0 spiro atoms. The van der Waals surface area contributed by atoms with Crippen molar-refractivity contribution in [3.8, 4) is 28.6 Å². The Balaban J connectivity index is 1.47. The van der Waals surface area contributed by atoms with Gasteiger partial charge in [0.25, 0.3) is 0 Å². The average molecular weight is 715 g/mol. The van der Waals surface area contributed by atoms with E-state index < -0.39 is 43.3 Å². The summed E-state index contributed by atoms with van der Waals surface area (Å²) in [5.74, 6) is 3.38. The lowest BCUT2D eigenvalue weighted by Gasteiger charge is -2.47. The lowest BCUT2D eigenvalue weighted by Crippen LogP contribution is -2.64. The summed E-state index contributed by atoms with van der Waals surface area (Å²) in [5, 5.41) is 11.9. The molecule has 1 aromatic carbocycles. The van der Waals surface area contributed by atoms with Crippen LogP contribution in [-0.4, -0.2) is 85.7 Å². The zero-order chi connectivity index (χ0) is 35.8. The molecule has 1 amide bonds. The molecule has 6 heterocycles. The van der Waals surface area contributed by atoms with Gasteiger partial charge in [-0.15, -0.1) is 5.54 Å². The van der Waals surface area contributed by atoms with Gasteiger partial charge in [-0.3, -0.25) is 9.88 Å². The number of carboxylic acid groups (broad SMARTS) is 1. The van der Waals surface area contributed by atoms with E-state index in [1.165, 1.54) is 11.2 Å². The fourth-order valence-electron chi connectivity index (χ4n) is 9.15. The molecule has 5 atom stereocenters. The van der Waals surface area contributed by atoms with Crippen LogP contribution in [0.4, 0.5) is 15.0 Å². The lowest BCUT2D eigenvalue weighted by atomic mass is 9.98. The molecule has 0 saturated carbocycles. The number of ether oxygens (including phenoxy) is 1. The molecule has 3 aromatic heterocycles. The van der Waals surface area contributed by atoms with Crippen LogP contribution >= 0.6 is 0 Å². The Morgan fingerprint density at radius 3 is 2.46 bits per heavy atom. The predicted octanol–water partition coefficient (Wildman–Crippen LogP) is 7.17. The zero-order valence-corrected chi connectivity index (χ0v) is 31.5. The number of aromatic nitrogens is 4. The van der Waals surface area contributed by atoms with E-state index in [-0.39, 0.29) is 39.7 Å². The SMILES string of the molecule is CC1Oc2nc(-c3cncc4cccc(C#C[Si](C(C)C)(C(C)C)C(C)C)c34)c(F)c3nc([S+](C)[O-])nc(c23)N2CC3CCC(C12)N3C(=O)O. The molecule has 2 fully saturated rings. The van der Waals surface area contributed by atoms with Crippen molar-refractivity contribution in [3.05, 3.63) is 42.0 Å². The Labute approximate surface area is 296 Å². The van der Waals surface area contributed by atoms with Crippen LogP contribution in [-0.2, 0) is 11.2 Å². The first-order valence-electron chi connectivity index (χ1n) is 17.4. The summed E-state index contributed by atoms with van der Waals surface area (Å²) in [6.45, 7) is 15.9. The molecule has 3 aliphatic heterocycles. The minimum Gasteiger partial charge on any atom is -0.609 e. The molecule has 2 saturated heterocycles. The maximum absolute atomic E-state index is 17.2. The number of pyridine rings is 2. The van der Waals surface area contributed by atoms with Crippen LogP contribution in [0.2, 0.25) is 16.6 Å². The van der Waals surface area contributed by atoms with E-state index >= 15 is 4.39 Å². The summed E-state index contributed by atoms with van der Waals surface area (Å²) < 4.78 is 36.7. The number of nitrogens with zero attached hydrogens (tertiary/aromatic N) is 6. The van der Waals surface area contributed by atoms with Gasteiger partial charge in [-0.1, -0.05) is 59.6 Å². The maximum Gasteiger partial charge on any atom is 0.407 e. The van der Waals surface area contributed by atoms with E-state index in [0.29, 0.717) is 47.4 Å². The molecule has 7 rings (SSSR count). The van der Waals surface area contributed by atoms with E-state index in [4.69, 9.17) is 14.7 Å². The van der Waals surface area contributed by atoms with Gasteiger partial charge >= 0.3 is 11.2 Å². The standard InChI is InChI=1S/C37H43FN6O4SSi/c1-19(2)50(20(3)4,21(5)6)15-14-23-10-9-11-24-16-39-17-26(28(23)24)31-30(38)32-29-34(42-36(41-32)49(8)47)43-18-25-12-13-27(44(25)37(45)46)33(43)22(7)48-35(29)40-31/h9-11,16-17,19-22,25,27,33H,12-13,18H2,1-8H3,(H,45,46). The molecule has 10 nitrogen and oxygen atoms in total. The van der Waals surface area contributed by atoms with Gasteiger partial charge in [0.2, 0.25) is 5.88 Å². The number of carbonyl (C=O) groups is 1. The third kappa shape index (κ3) is 5.21. The number of halogens is 1. The number of hydrogen-bond acceptors (Lipinski definition) is 8. The number of fused-ring (bicyclic) bond motifs is 6. The molecule has 1 N–H and O–H groups in total. The second kappa shape index (κ2) is 12.7. The zero-order valence-electron chi connectivity index (χ0n) is 29.7. The van der Waals surface area contributed by atoms with E-state index in [1.807, 2.05) is 30.0 Å². The molecule has 0 radical (unpaired) electrons. The molecular formula is C37H43FN6O4SSi. The molecule has 5 unspecified atom stereocenters. The second-order valence-electron chi connectivity index (χ2n) is 14.8. The molecule has 50 heavy (non-hydrogen) atoms. The highest BCUT2D eigenvalue weighted by Gasteiger charge is 2.53.